The lowest BCUT2D eigenvalue weighted by Gasteiger charge is -2.38. The fraction of sp³-hybridized carbons (Fsp3) is 0.611. The Bertz CT molecular complexity index is 823. The van der Waals surface area contributed by atoms with E-state index in [2.05, 4.69) is 25.8 Å². The lowest BCUT2D eigenvalue weighted by atomic mass is 9.75. The fourth-order valence-corrected chi connectivity index (χ4v) is 6.18. The Morgan fingerprint density at radius 1 is 1.33 bits per heavy atom. The Hall–Kier alpha value is -1.07. The van der Waals surface area contributed by atoms with E-state index in [4.69, 9.17) is 0 Å². The number of anilines is 1. The van der Waals surface area contributed by atoms with Crippen molar-refractivity contribution < 1.29 is 18.3 Å². The third kappa shape index (κ3) is 4.51. The zero-order valence-electron chi connectivity index (χ0n) is 15.8. The molecule has 150 valence electrons. The average molecular weight is 507 g/mol. The van der Waals surface area contributed by atoms with Gasteiger partial charge in [-0.3, -0.25) is 9.69 Å². The van der Waals surface area contributed by atoms with Gasteiger partial charge in [-0.2, -0.15) is 8.42 Å². The molecule has 1 aliphatic heterocycles. The van der Waals surface area contributed by atoms with Crippen molar-refractivity contribution in [2.45, 2.75) is 52.1 Å². The molecule has 0 radical (unpaired) electrons. The number of carbonyl (C=O) groups is 1. The van der Waals surface area contributed by atoms with Gasteiger partial charge in [-0.05, 0) is 78.4 Å². The van der Waals surface area contributed by atoms with Crippen molar-refractivity contribution in [1.82, 2.24) is 9.62 Å². The Labute approximate surface area is 174 Å². The summed E-state index contributed by atoms with van der Waals surface area (Å²) in [5.74, 6) is -0.732. The van der Waals surface area contributed by atoms with Crippen LogP contribution in [0.5, 0.6) is 5.75 Å². The molecular weight excluding hydrogens is 481 g/mol. The highest BCUT2D eigenvalue weighted by Gasteiger charge is 2.37. The molecule has 7 nitrogen and oxygen atoms in total. The number of rotatable bonds is 4. The summed E-state index contributed by atoms with van der Waals surface area (Å²) >= 11 is 2.01. The summed E-state index contributed by atoms with van der Waals surface area (Å²) in [6, 6.07) is 3.98. The van der Waals surface area contributed by atoms with Crippen molar-refractivity contribution in [3.05, 3.63) is 21.3 Å². The molecule has 3 rings (SSSR count). The summed E-state index contributed by atoms with van der Waals surface area (Å²) in [6.07, 6.45) is 4.73. The van der Waals surface area contributed by atoms with Crippen molar-refractivity contribution in [3.63, 3.8) is 0 Å². The predicted molar refractivity (Wildman–Crippen MR) is 113 cm³/mol. The molecular formula is C18H26IN3O4S. The number of halogens is 1. The van der Waals surface area contributed by atoms with Crippen molar-refractivity contribution in [2.75, 3.05) is 17.9 Å². The largest absolute Gasteiger partial charge is 0.506 e. The van der Waals surface area contributed by atoms with Crippen LogP contribution in [0.4, 0.5) is 5.69 Å². The van der Waals surface area contributed by atoms with E-state index in [1.807, 2.05) is 33.4 Å². The summed E-state index contributed by atoms with van der Waals surface area (Å²) in [6.45, 7) is 4.99. The molecule has 2 fully saturated rings. The van der Waals surface area contributed by atoms with E-state index in [-0.39, 0.29) is 18.0 Å². The van der Waals surface area contributed by atoms with Crippen molar-refractivity contribution in [1.29, 1.82) is 0 Å². The van der Waals surface area contributed by atoms with E-state index in [1.165, 1.54) is 12.8 Å². The molecule has 1 saturated heterocycles. The zero-order valence-corrected chi connectivity index (χ0v) is 18.8. The molecule has 0 spiro atoms. The second kappa shape index (κ2) is 7.40. The maximum absolute atomic E-state index is 12.1. The number of hydrogen-bond acceptors (Lipinski definition) is 5. The third-order valence-electron chi connectivity index (χ3n) is 5.54. The zero-order chi connectivity index (χ0) is 20.0. The van der Waals surface area contributed by atoms with Crippen LogP contribution in [0.25, 0.3) is 0 Å². The summed E-state index contributed by atoms with van der Waals surface area (Å²) in [4.78, 5) is 13.8. The van der Waals surface area contributed by atoms with Gasteiger partial charge in [0, 0.05) is 16.2 Å². The van der Waals surface area contributed by atoms with Gasteiger partial charge in [-0.1, -0.05) is 13.8 Å². The Morgan fingerprint density at radius 3 is 2.48 bits per heavy atom. The second-order valence-corrected chi connectivity index (χ2v) is 11.1. The quantitative estimate of drug-likeness (QED) is 0.612. The van der Waals surface area contributed by atoms with Crippen molar-refractivity contribution >= 4 is 44.4 Å². The van der Waals surface area contributed by atoms with E-state index in [0.717, 1.165) is 22.7 Å². The molecule has 9 heteroatoms. The van der Waals surface area contributed by atoms with Gasteiger partial charge < -0.3 is 5.11 Å². The lowest BCUT2D eigenvalue weighted by Crippen LogP contribution is -2.36. The summed E-state index contributed by atoms with van der Waals surface area (Å²) in [5, 5.41) is 10.5. The molecule has 2 aliphatic rings. The minimum absolute atomic E-state index is 0.129. The number of nitrogens with zero attached hydrogens (tertiary/aromatic N) is 2. The Balaban J connectivity index is 1.76. The van der Waals surface area contributed by atoms with Crippen LogP contribution in [0.15, 0.2) is 12.1 Å². The first-order valence-corrected chi connectivity index (χ1v) is 11.6. The highest BCUT2D eigenvalue weighted by atomic mass is 127. The van der Waals surface area contributed by atoms with Crippen molar-refractivity contribution in [3.8, 4) is 5.75 Å². The molecule has 0 bridgehead atoms. The third-order valence-corrected chi connectivity index (χ3v) is 7.74. The summed E-state index contributed by atoms with van der Waals surface area (Å²) in [5.41, 5.74) is 1.49. The first-order chi connectivity index (χ1) is 12.5. The molecule has 0 unspecified atom stereocenters. The standard InChI is InChI=1S/C18H26IN3O4S/c1-18(2)6-4-13(5-7-18)21(3)10-12-8-14(19)17(15(23)9-12)22-11-16(24)20-27(22,25)26/h8-9,13,23H,4-7,10-11H2,1-3H3,(H,20,24). The monoisotopic (exact) mass is 507 g/mol. The van der Waals surface area contributed by atoms with Crippen LogP contribution in [-0.4, -0.2) is 44.0 Å². The molecule has 1 heterocycles. The first-order valence-electron chi connectivity index (χ1n) is 9.03. The number of phenolic OH excluding ortho intramolecular Hbond substituents is 1. The SMILES string of the molecule is CN(Cc1cc(O)c(N2CC(=O)NS2(=O)=O)c(I)c1)C1CCC(C)(C)CC1. The molecule has 1 aromatic rings. The van der Waals surface area contributed by atoms with Crippen LogP contribution in [0.3, 0.4) is 0 Å². The minimum atomic E-state index is -3.94. The lowest BCUT2D eigenvalue weighted by molar-refractivity contribution is -0.117. The summed E-state index contributed by atoms with van der Waals surface area (Å²) < 4.78 is 27.6. The van der Waals surface area contributed by atoms with Gasteiger partial charge in [0.1, 0.15) is 18.0 Å². The van der Waals surface area contributed by atoms with Gasteiger partial charge in [0.05, 0.1) is 0 Å². The van der Waals surface area contributed by atoms with Crippen LogP contribution in [-0.2, 0) is 21.5 Å². The van der Waals surface area contributed by atoms with Crippen LogP contribution < -0.4 is 9.03 Å². The minimum Gasteiger partial charge on any atom is -0.506 e. The Kier molecular flexibility index (Phi) is 5.66. The molecule has 0 atom stereocenters. The topological polar surface area (TPSA) is 89.9 Å². The normalized spacial score (nSPS) is 22.3. The molecule has 1 aromatic carbocycles. The number of phenols is 1. The number of nitrogens with one attached hydrogen (secondary N) is 1. The number of amides is 1. The van der Waals surface area contributed by atoms with E-state index in [0.29, 0.717) is 21.6 Å². The molecule has 1 amide bonds. The average Bonchev–Trinajstić information content (AvgIpc) is 2.79. The maximum Gasteiger partial charge on any atom is 0.326 e. The van der Waals surface area contributed by atoms with E-state index in [1.54, 1.807) is 6.07 Å². The van der Waals surface area contributed by atoms with Gasteiger partial charge in [0.2, 0.25) is 0 Å². The van der Waals surface area contributed by atoms with Gasteiger partial charge in [0.15, 0.2) is 0 Å². The van der Waals surface area contributed by atoms with Crippen molar-refractivity contribution in [2.24, 2.45) is 5.41 Å². The highest BCUT2D eigenvalue weighted by molar-refractivity contribution is 14.1. The van der Waals surface area contributed by atoms with Crippen LogP contribution in [0.1, 0.15) is 45.1 Å². The van der Waals surface area contributed by atoms with Crippen LogP contribution in [0, 0.1) is 8.99 Å². The van der Waals surface area contributed by atoms with E-state index < -0.39 is 16.1 Å². The molecule has 0 aromatic heterocycles. The maximum atomic E-state index is 12.1. The number of hydrogen-bond donors (Lipinski definition) is 2. The predicted octanol–water partition coefficient (Wildman–Crippen LogP) is 2.58. The van der Waals surface area contributed by atoms with E-state index in [9.17, 15) is 18.3 Å². The van der Waals surface area contributed by atoms with Crippen LogP contribution in [0.2, 0.25) is 0 Å². The van der Waals surface area contributed by atoms with E-state index >= 15 is 0 Å². The second-order valence-electron chi connectivity index (χ2n) is 8.29. The highest BCUT2D eigenvalue weighted by Crippen LogP contribution is 2.39. The molecule has 27 heavy (non-hydrogen) atoms. The molecule has 1 saturated carbocycles. The first kappa shape index (κ1) is 20.7. The number of aromatic hydroxyl groups is 1. The Morgan fingerprint density at radius 2 is 1.96 bits per heavy atom. The number of benzene rings is 1. The molecule has 2 N–H and O–H groups in total. The van der Waals surface area contributed by atoms with Gasteiger partial charge in [-0.25, -0.2) is 9.03 Å². The number of carbonyl (C=O) groups excluding carboxylic acids is 1. The summed E-state index contributed by atoms with van der Waals surface area (Å²) in [7, 11) is -1.85. The smallest absolute Gasteiger partial charge is 0.326 e. The van der Waals surface area contributed by atoms with Gasteiger partial charge in [-0.15, -0.1) is 0 Å². The fourth-order valence-electron chi connectivity index (χ4n) is 3.87. The molecule has 1 aliphatic carbocycles. The van der Waals surface area contributed by atoms with Crippen LogP contribution >= 0.6 is 22.6 Å². The van der Waals surface area contributed by atoms with Gasteiger partial charge in [0.25, 0.3) is 5.91 Å². The van der Waals surface area contributed by atoms with Gasteiger partial charge >= 0.3 is 10.2 Å².